The molecule has 0 radical (unpaired) electrons. The summed E-state index contributed by atoms with van der Waals surface area (Å²) in [5.74, 6) is 0.787. The van der Waals surface area contributed by atoms with E-state index in [0.29, 0.717) is 5.69 Å². The molecule has 3 aromatic rings. The quantitative estimate of drug-likeness (QED) is 0.742. The van der Waals surface area contributed by atoms with Crippen LogP contribution in [0.25, 0.3) is 22.4 Å². The summed E-state index contributed by atoms with van der Waals surface area (Å²) >= 11 is 0. The molecule has 0 amide bonds. The third kappa shape index (κ3) is 1.62. The van der Waals surface area contributed by atoms with Crippen LogP contribution in [0.15, 0.2) is 34.7 Å². The smallest absolute Gasteiger partial charge is 0.158 e. The monoisotopic (exact) mass is 242 g/mol. The van der Waals surface area contributed by atoms with Crippen molar-refractivity contribution < 1.29 is 9.52 Å². The highest BCUT2D eigenvalue weighted by Crippen LogP contribution is 2.33. The summed E-state index contributed by atoms with van der Waals surface area (Å²) in [6.45, 7) is 2.05. The number of hydrogen-bond donors (Lipinski definition) is 2. The van der Waals surface area contributed by atoms with Gasteiger partial charge < -0.3 is 9.52 Å². The molecular weight excluding hydrogens is 228 g/mol. The SMILES string of the molecule is CCc1c(-c2cc(CO)[nH]n2)oc2ccccc12. The Hall–Kier alpha value is -2.07. The predicted molar refractivity (Wildman–Crippen MR) is 69.1 cm³/mol. The number of rotatable bonds is 3. The second kappa shape index (κ2) is 4.31. The van der Waals surface area contributed by atoms with Crippen LogP contribution in [0.4, 0.5) is 0 Å². The van der Waals surface area contributed by atoms with Gasteiger partial charge in [-0.05, 0) is 18.6 Å². The van der Waals surface area contributed by atoms with Crippen molar-refractivity contribution in [3.8, 4) is 11.5 Å². The molecule has 0 aliphatic heterocycles. The highest BCUT2D eigenvalue weighted by atomic mass is 16.3. The molecule has 0 aliphatic rings. The van der Waals surface area contributed by atoms with Crippen LogP contribution in [-0.4, -0.2) is 15.3 Å². The zero-order chi connectivity index (χ0) is 12.5. The molecule has 0 saturated heterocycles. The van der Waals surface area contributed by atoms with Gasteiger partial charge in [0, 0.05) is 10.9 Å². The first-order valence-corrected chi connectivity index (χ1v) is 5.99. The highest BCUT2D eigenvalue weighted by molar-refractivity contribution is 5.87. The molecule has 0 atom stereocenters. The average molecular weight is 242 g/mol. The van der Waals surface area contributed by atoms with E-state index in [9.17, 15) is 0 Å². The summed E-state index contributed by atoms with van der Waals surface area (Å²) in [7, 11) is 0. The predicted octanol–water partition coefficient (Wildman–Crippen LogP) is 2.88. The van der Waals surface area contributed by atoms with Crippen molar-refractivity contribution in [3.63, 3.8) is 0 Å². The Kier molecular flexibility index (Phi) is 2.64. The Morgan fingerprint density at radius 3 is 2.89 bits per heavy atom. The first-order valence-electron chi connectivity index (χ1n) is 5.99. The van der Waals surface area contributed by atoms with Crippen molar-refractivity contribution in [3.05, 3.63) is 41.6 Å². The Morgan fingerprint density at radius 2 is 2.17 bits per heavy atom. The summed E-state index contributed by atoms with van der Waals surface area (Å²) in [5.41, 5.74) is 3.46. The Morgan fingerprint density at radius 1 is 1.33 bits per heavy atom. The van der Waals surface area contributed by atoms with Gasteiger partial charge >= 0.3 is 0 Å². The van der Waals surface area contributed by atoms with Crippen LogP contribution in [0, 0.1) is 0 Å². The van der Waals surface area contributed by atoms with E-state index in [1.165, 1.54) is 0 Å². The summed E-state index contributed by atoms with van der Waals surface area (Å²) in [5, 5.41) is 17.2. The van der Waals surface area contributed by atoms with E-state index in [1.807, 2.05) is 24.3 Å². The number of aliphatic hydroxyl groups excluding tert-OH is 1. The van der Waals surface area contributed by atoms with Crippen molar-refractivity contribution in [1.29, 1.82) is 0 Å². The fraction of sp³-hybridized carbons (Fsp3) is 0.214. The van der Waals surface area contributed by atoms with Gasteiger partial charge in [0.25, 0.3) is 0 Å². The minimum absolute atomic E-state index is 0.0469. The zero-order valence-electron chi connectivity index (χ0n) is 10.1. The maximum atomic E-state index is 9.06. The van der Waals surface area contributed by atoms with Gasteiger partial charge in [0.15, 0.2) is 5.76 Å². The zero-order valence-corrected chi connectivity index (χ0v) is 10.1. The molecule has 1 aromatic carbocycles. The fourth-order valence-corrected chi connectivity index (χ4v) is 2.22. The van der Waals surface area contributed by atoms with Gasteiger partial charge in [0.2, 0.25) is 0 Å². The van der Waals surface area contributed by atoms with Crippen molar-refractivity contribution in [2.24, 2.45) is 0 Å². The number of nitrogens with zero attached hydrogens (tertiary/aromatic N) is 1. The van der Waals surface area contributed by atoms with Crippen LogP contribution in [0.3, 0.4) is 0 Å². The summed E-state index contributed by atoms with van der Waals surface area (Å²) in [4.78, 5) is 0. The first-order chi connectivity index (χ1) is 8.83. The molecule has 0 aliphatic carbocycles. The second-order valence-electron chi connectivity index (χ2n) is 4.20. The van der Waals surface area contributed by atoms with Crippen molar-refractivity contribution in [1.82, 2.24) is 10.2 Å². The van der Waals surface area contributed by atoms with Gasteiger partial charge in [0.05, 0.1) is 12.3 Å². The van der Waals surface area contributed by atoms with Gasteiger partial charge in [-0.15, -0.1) is 0 Å². The van der Waals surface area contributed by atoms with Crippen molar-refractivity contribution in [2.45, 2.75) is 20.0 Å². The van der Waals surface area contributed by atoms with Crippen molar-refractivity contribution >= 4 is 11.0 Å². The normalized spacial score (nSPS) is 11.2. The molecule has 4 nitrogen and oxygen atoms in total. The molecule has 0 fully saturated rings. The van der Waals surface area contributed by atoms with Gasteiger partial charge in [0.1, 0.15) is 11.3 Å². The number of aliphatic hydroxyl groups is 1. The molecule has 2 heterocycles. The lowest BCUT2D eigenvalue weighted by molar-refractivity contribution is 0.276. The van der Waals surface area contributed by atoms with Crippen LogP contribution in [0.5, 0.6) is 0 Å². The standard InChI is InChI=1S/C14H14N2O2/c1-2-10-11-5-3-4-6-13(11)18-14(10)12-7-9(8-17)15-16-12/h3-7,17H,2,8H2,1H3,(H,15,16). The van der Waals surface area contributed by atoms with E-state index >= 15 is 0 Å². The number of nitrogens with one attached hydrogen (secondary N) is 1. The van der Waals surface area contributed by atoms with Crippen molar-refractivity contribution in [2.75, 3.05) is 0 Å². The number of aryl methyl sites for hydroxylation is 1. The van der Waals surface area contributed by atoms with E-state index in [-0.39, 0.29) is 6.61 Å². The van der Waals surface area contributed by atoms with E-state index < -0.39 is 0 Å². The lowest BCUT2D eigenvalue weighted by Crippen LogP contribution is -1.82. The largest absolute Gasteiger partial charge is 0.454 e. The van der Waals surface area contributed by atoms with Crippen LogP contribution in [0.1, 0.15) is 18.2 Å². The van der Waals surface area contributed by atoms with Crippen LogP contribution in [0.2, 0.25) is 0 Å². The molecule has 18 heavy (non-hydrogen) atoms. The number of para-hydroxylation sites is 1. The molecule has 2 N–H and O–H groups in total. The fourth-order valence-electron chi connectivity index (χ4n) is 2.22. The number of furan rings is 1. The number of fused-ring (bicyclic) bond motifs is 1. The van der Waals surface area contributed by atoms with Gasteiger partial charge in [-0.25, -0.2) is 0 Å². The molecule has 4 heteroatoms. The summed E-state index contributed by atoms with van der Waals surface area (Å²) in [6.07, 6.45) is 0.883. The number of benzene rings is 1. The third-order valence-electron chi connectivity index (χ3n) is 3.09. The van der Waals surface area contributed by atoms with Crippen LogP contribution >= 0.6 is 0 Å². The minimum Gasteiger partial charge on any atom is -0.454 e. The highest BCUT2D eigenvalue weighted by Gasteiger charge is 2.16. The van der Waals surface area contributed by atoms with Gasteiger partial charge in [-0.3, -0.25) is 5.10 Å². The summed E-state index contributed by atoms with van der Waals surface area (Å²) < 4.78 is 5.87. The molecule has 3 rings (SSSR count). The molecule has 0 bridgehead atoms. The summed E-state index contributed by atoms with van der Waals surface area (Å²) in [6, 6.07) is 9.79. The van der Waals surface area contributed by atoms with E-state index in [4.69, 9.17) is 9.52 Å². The minimum atomic E-state index is -0.0469. The lowest BCUT2D eigenvalue weighted by Gasteiger charge is -1.95. The first kappa shape index (κ1) is 11.0. The molecular formula is C14H14N2O2. The van der Waals surface area contributed by atoms with Crippen LogP contribution < -0.4 is 0 Å². The lowest BCUT2D eigenvalue weighted by atomic mass is 10.1. The van der Waals surface area contributed by atoms with E-state index in [0.717, 1.165) is 34.4 Å². The van der Waals surface area contributed by atoms with Gasteiger partial charge in [-0.2, -0.15) is 5.10 Å². The van der Waals surface area contributed by atoms with Crippen LogP contribution in [-0.2, 0) is 13.0 Å². The maximum Gasteiger partial charge on any atom is 0.158 e. The molecule has 0 spiro atoms. The number of aromatic nitrogens is 2. The number of hydrogen-bond acceptors (Lipinski definition) is 3. The van der Waals surface area contributed by atoms with Gasteiger partial charge in [-0.1, -0.05) is 25.1 Å². The maximum absolute atomic E-state index is 9.06. The molecule has 2 aromatic heterocycles. The van der Waals surface area contributed by atoms with E-state index in [1.54, 1.807) is 0 Å². The van der Waals surface area contributed by atoms with E-state index in [2.05, 4.69) is 23.2 Å². The topological polar surface area (TPSA) is 62.0 Å². The number of aromatic amines is 1. The second-order valence-corrected chi connectivity index (χ2v) is 4.20. The Labute approximate surface area is 104 Å². The molecule has 0 saturated carbocycles. The molecule has 92 valence electrons. The Balaban J connectivity index is 2.21. The average Bonchev–Trinajstić information content (AvgIpc) is 3.02. The molecule has 0 unspecified atom stereocenters. The number of H-pyrrole nitrogens is 1. The third-order valence-corrected chi connectivity index (χ3v) is 3.09. The Bertz CT molecular complexity index is 682.